The minimum atomic E-state index is -0.984. The molecule has 0 saturated heterocycles. The average molecular weight is 262 g/mol. The maximum atomic E-state index is 11.6. The van der Waals surface area contributed by atoms with E-state index in [1.807, 2.05) is 13.8 Å². The van der Waals surface area contributed by atoms with Gasteiger partial charge in [-0.1, -0.05) is 20.4 Å². The predicted molar refractivity (Wildman–Crippen MR) is 72.6 cm³/mol. The molecule has 1 N–H and O–H groups in total. The van der Waals surface area contributed by atoms with Crippen LogP contribution in [0.25, 0.3) is 0 Å². The van der Waals surface area contributed by atoms with E-state index >= 15 is 0 Å². The Balaban J connectivity index is 3.32. The van der Waals surface area contributed by atoms with Gasteiger partial charge in [0.05, 0.1) is 5.56 Å². The number of carboxylic acid groups (broad SMARTS) is 1. The van der Waals surface area contributed by atoms with Crippen LogP contribution in [-0.2, 0) is 17.6 Å². The van der Waals surface area contributed by atoms with Crippen molar-refractivity contribution in [2.45, 2.75) is 33.6 Å². The zero-order chi connectivity index (χ0) is 14.6. The molecule has 0 spiro atoms. The van der Waals surface area contributed by atoms with Gasteiger partial charge >= 0.3 is 11.9 Å². The molecule has 0 fully saturated rings. The minimum absolute atomic E-state index is 0.212. The molecule has 1 aromatic carbocycles. The quantitative estimate of drug-likeness (QED) is 0.503. The Kier molecular flexibility index (Phi) is 4.87. The standard InChI is InChI=1S/C15H18O4/c1-5-10-7-12(14(16)17)8-11(6-2)13(10)19-15(18)9(3)4/h7-8H,3,5-6H2,1-2,4H3,(H,16,17). The Morgan fingerprint density at radius 1 is 1.21 bits per heavy atom. The fourth-order valence-corrected chi connectivity index (χ4v) is 1.71. The Morgan fingerprint density at radius 3 is 2.00 bits per heavy atom. The molecule has 0 radical (unpaired) electrons. The van der Waals surface area contributed by atoms with Gasteiger partial charge in [-0.2, -0.15) is 0 Å². The van der Waals surface area contributed by atoms with Crippen LogP contribution in [0.15, 0.2) is 24.3 Å². The molecule has 0 unspecified atom stereocenters. The van der Waals surface area contributed by atoms with Crippen LogP contribution in [0.2, 0.25) is 0 Å². The van der Waals surface area contributed by atoms with Gasteiger partial charge < -0.3 is 9.84 Å². The lowest BCUT2D eigenvalue weighted by Gasteiger charge is -2.14. The molecule has 0 aliphatic rings. The van der Waals surface area contributed by atoms with Crippen molar-refractivity contribution in [1.82, 2.24) is 0 Å². The monoisotopic (exact) mass is 262 g/mol. The summed E-state index contributed by atoms with van der Waals surface area (Å²) in [6.07, 6.45) is 1.18. The normalized spacial score (nSPS) is 10.1. The van der Waals surface area contributed by atoms with Crippen molar-refractivity contribution < 1.29 is 19.4 Å². The first kappa shape index (κ1) is 15.0. The molecular weight excluding hydrogens is 244 g/mol. The summed E-state index contributed by atoms with van der Waals surface area (Å²) < 4.78 is 5.32. The van der Waals surface area contributed by atoms with E-state index in [1.165, 1.54) is 0 Å². The lowest BCUT2D eigenvalue weighted by atomic mass is 10.0. The number of aromatic carboxylic acids is 1. The van der Waals surface area contributed by atoms with Gasteiger partial charge in [0.15, 0.2) is 0 Å². The van der Waals surface area contributed by atoms with Crippen molar-refractivity contribution in [2.24, 2.45) is 0 Å². The van der Waals surface area contributed by atoms with Crippen molar-refractivity contribution in [3.05, 3.63) is 41.0 Å². The summed E-state index contributed by atoms with van der Waals surface area (Å²) >= 11 is 0. The summed E-state index contributed by atoms with van der Waals surface area (Å²) in [5.41, 5.74) is 1.95. The summed E-state index contributed by atoms with van der Waals surface area (Å²) in [5.74, 6) is -1.02. The highest BCUT2D eigenvalue weighted by molar-refractivity contribution is 5.91. The number of esters is 1. The molecule has 102 valence electrons. The van der Waals surface area contributed by atoms with E-state index < -0.39 is 11.9 Å². The molecule has 0 aliphatic carbocycles. The predicted octanol–water partition coefficient (Wildman–Crippen LogP) is 2.99. The first-order valence-electron chi connectivity index (χ1n) is 6.17. The maximum absolute atomic E-state index is 11.6. The number of benzene rings is 1. The van der Waals surface area contributed by atoms with Gasteiger partial charge in [0, 0.05) is 5.57 Å². The molecule has 1 aromatic rings. The van der Waals surface area contributed by atoms with Gasteiger partial charge in [0.25, 0.3) is 0 Å². The highest BCUT2D eigenvalue weighted by atomic mass is 16.5. The molecule has 1 rings (SSSR count). The second kappa shape index (κ2) is 6.18. The second-order valence-electron chi connectivity index (χ2n) is 4.31. The molecule has 0 atom stereocenters. The van der Waals surface area contributed by atoms with Crippen LogP contribution in [0.5, 0.6) is 5.75 Å². The SMILES string of the molecule is C=C(C)C(=O)Oc1c(CC)cc(C(=O)O)cc1CC. The van der Waals surface area contributed by atoms with Crippen molar-refractivity contribution in [3.63, 3.8) is 0 Å². The van der Waals surface area contributed by atoms with E-state index in [-0.39, 0.29) is 5.56 Å². The summed E-state index contributed by atoms with van der Waals surface area (Å²) in [7, 11) is 0. The number of carbonyl (C=O) groups is 2. The number of rotatable bonds is 5. The minimum Gasteiger partial charge on any atom is -0.478 e. The largest absolute Gasteiger partial charge is 0.478 e. The highest BCUT2D eigenvalue weighted by Gasteiger charge is 2.16. The van der Waals surface area contributed by atoms with Crippen molar-refractivity contribution >= 4 is 11.9 Å². The average Bonchev–Trinajstić information content (AvgIpc) is 2.38. The van der Waals surface area contributed by atoms with Crippen molar-refractivity contribution in [1.29, 1.82) is 0 Å². The zero-order valence-electron chi connectivity index (χ0n) is 11.4. The molecular formula is C15H18O4. The zero-order valence-corrected chi connectivity index (χ0v) is 11.4. The van der Waals surface area contributed by atoms with Crippen molar-refractivity contribution in [3.8, 4) is 5.75 Å². The summed E-state index contributed by atoms with van der Waals surface area (Å²) in [4.78, 5) is 22.7. The maximum Gasteiger partial charge on any atom is 0.338 e. The number of hydrogen-bond acceptors (Lipinski definition) is 3. The molecule has 0 bridgehead atoms. The Morgan fingerprint density at radius 2 is 1.68 bits per heavy atom. The van der Waals surface area contributed by atoms with E-state index in [9.17, 15) is 9.59 Å². The second-order valence-corrected chi connectivity index (χ2v) is 4.31. The number of ether oxygens (including phenoxy) is 1. The first-order valence-corrected chi connectivity index (χ1v) is 6.17. The van der Waals surface area contributed by atoms with Crippen LogP contribution in [0.3, 0.4) is 0 Å². The number of carbonyl (C=O) groups excluding carboxylic acids is 1. The lowest BCUT2D eigenvalue weighted by Crippen LogP contribution is -2.12. The fourth-order valence-electron chi connectivity index (χ4n) is 1.71. The van der Waals surface area contributed by atoms with Crippen molar-refractivity contribution in [2.75, 3.05) is 0 Å². The molecule has 4 heteroatoms. The van der Waals surface area contributed by atoms with Gasteiger partial charge in [0.1, 0.15) is 5.75 Å². The van der Waals surface area contributed by atoms with Crippen LogP contribution >= 0.6 is 0 Å². The molecule has 0 amide bonds. The molecule has 4 nitrogen and oxygen atoms in total. The first-order chi connectivity index (χ1) is 8.90. The Bertz CT molecular complexity index is 504. The highest BCUT2D eigenvalue weighted by Crippen LogP contribution is 2.28. The van der Waals surface area contributed by atoms with Crippen LogP contribution in [0, 0.1) is 0 Å². The van der Waals surface area contributed by atoms with Crippen LogP contribution in [0.4, 0.5) is 0 Å². The number of aryl methyl sites for hydroxylation is 2. The van der Waals surface area contributed by atoms with Gasteiger partial charge in [-0.05, 0) is 43.0 Å². The molecule has 0 saturated carbocycles. The van der Waals surface area contributed by atoms with E-state index in [2.05, 4.69) is 6.58 Å². The molecule has 0 heterocycles. The van der Waals surface area contributed by atoms with Crippen LogP contribution in [0.1, 0.15) is 42.3 Å². The third-order valence-corrected chi connectivity index (χ3v) is 2.79. The van der Waals surface area contributed by atoms with E-state index in [0.29, 0.717) is 35.3 Å². The molecule has 0 aromatic heterocycles. The summed E-state index contributed by atoms with van der Waals surface area (Å²) in [6.45, 7) is 8.89. The van der Waals surface area contributed by atoms with Gasteiger partial charge in [-0.15, -0.1) is 0 Å². The fraction of sp³-hybridized carbons (Fsp3) is 0.333. The van der Waals surface area contributed by atoms with E-state index in [0.717, 1.165) is 0 Å². The molecule has 0 aliphatic heterocycles. The smallest absolute Gasteiger partial charge is 0.338 e. The van der Waals surface area contributed by atoms with Gasteiger partial charge in [-0.3, -0.25) is 0 Å². The third kappa shape index (κ3) is 3.44. The van der Waals surface area contributed by atoms with E-state index in [1.54, 1.807) is 19.1 Å². The van der Waals surface area contributed by atoms with Gasteiger partial charge in [0.2, 0.25) is 0 Å². The third-order valence-electron chi connectivity index (χ3n) is 2.79. The lowest BCUT2D eigenvalue weighted by molar-refractivity contribution is -0.130. The summed E-state index contributed by atoms with van der Waals surface area (Å²) in [6, 6.07) is 3.09. The van der Waals surface area contributed by atoms with E-state index in [4.69, 9.17) is 9.84 Å². The Hall–Kier alpha value is -2.10. The topological polar surface area (TPSA) is 63.6 Å². The van der Waals surface area contributed by atoms with Crippen LogP contribution < -0.4 is 4.74 Å². The summed E-state index contributed by atoms with van der Waals surface area (Å²) in [5, 5.41) is 9.06. The van der Waals surface area contributed by atoms with Crippen LogP contribution in [-0.4, -0.2) is 17.0 Å². The number of hydrogen-bond donors (Lipinski definition) is 1. The number of carboxylic acids is 1. The van der Waals surface area contributed by atoms with Gasteiger partial charge in [-0.25, -0.2) is 9.59 Å². The molecule has 19 heavy (non-hydrogen) atoms. The Labute approximate surface area is 112 Å².